The Balaban J connectivity index is 1.45. The first kappa shape index (κ1) is 13.7. The zero-order valence-corrected chi connectivity index (χ0v) is 12.2. The van der Waals surface area contributed by atoms with Crippen molar-refractivity contribution in [2.24, 2.45) is 0 Å². The molecule has 1 N–H and O–H groups in total. The fourth-order valence-corrected chi connectivity index (χ4v) is 2.80. The molecule has 1 aliphatic heterocycles. The topological polar surface area (TPSA) is 33.7 Å². The van der Waals surface area contributed by atoms with E-state index in [9.17, 15) is 0 Å². The SMILES string of the molecule is COCCOc1ccc(NC2CCN(C3CC3)C2)cc1. The summed E-state index contributed by atoms with van der Waals surface area (Å²) >= 11 is 0. The molecule has 4 nitrogen and oxygen atoms in total. The van der Waals surface area contributed by atoms with Crippen LogP contribution in [0, 0.1) is 0 Å². The van der Waals surface area contributed by atoms with Crippen LogP contribution in [0.25, 0.3) is 0 Å². The summed E-state index contributed by atoms with van der Waals surface area (Å²) in [5.74, 6) is 0.902. The third-order valence-electron chi connectivity index (χ3n) is 4.06. The van der Waals surface area contributed by atoms with E-state index in [2.05, 4.69) is 22.3 Å². The van der Waals surface area contributed by atoms with E-state index in [4.69, 9.17) is 9.47 Å². The molecule has 2 aliphatic rings. The highest BCUT2D eigenvalue weighted by atomic mass is 16.5. The highest BCUT2D eigenvalue weighted by Gasteiger charge is 2.34. The number of rotatable bonds is 7. The van der Waals surface area contributed by atoms with Gasteiger partial charge in [-0.1, -0.05) is 0 Å². The Labute approximate surface area is 121 Å². The summed E-state index contributed by atoms with van der Waals surface area (Å²) in [6, 6.07) is 9.72. The van der Waals surface area contributed by atoms with Gasteiger partial charge in [-0.3, -0.25) is 4.90 Å². The van der Waals surface area contributed by atoms with E-state index in [-0.39, 0.29) is 0 Å². The molecule has 0 bridgehead atoms. The molecule has 1 heterocycles. The first-order valence-corrected chi connectivity index (χ1v) is 7.57. The number of likely N-dealkylation sites (tertiary alicyclic amines) is 1. The Bertz CT molecular complexity index is 417. The zero-order valence-electron chi connectivity index (χ0n) is 12.2. The second kappa shape index (κ2) is 6.46. The van der Waals surface area contributed by atoms with Crippen LogP contribution in [0.2, 0.25) is 0 Å². The quantitative estimate of drug-likeness (QED) is 0.775. The van der Waals surface area contributed by atoms with E-state index in [1.54, 1.807) is 7.11 Å². The Morgan fingerprint density at radius 3 is 2.65 bits per heavy atom. The fourth-order valence-electron chi connectivity index (χ4n) is 2.80. The molecule has 0 amide bonds. The maximum atomic E-state index is 5.57. The number of nitrogens with one attached hydrogen (secondary N) is 1. The van der Waals surface area contributed by atoms with E-state index in [0.29, 0.717) is 19.3 Å². The van der Waals surface area contributed by atoms with Gasteiger partial charge >= 0.3 is 0 Å². The monoisotopic (exact) mass is 276 g/mol. The smallest absolute Gasteiger partial charge is 0.119 e. The number of methoxy groups -OCH3 is 1. The molecule has 0 radical (unpaired) electrons. The lowest BCUT2D eigenvalue weighted by Gasteiger charge is -2.17. The van der Waals surface area contributed by atoms with Crippen LogP contribution in [0.15, 0.2) is 24.3 Å². The van der Waals surface area contributed by atoms with Crippen molar-refractivity contribution >= 4 is 5.69 Å². The highest BCUT2D eigenvalue weighted by Crippen LogP contribution is 2.30. The first-order valence-electron chi connectivity index (χ1n) is 7.57. The summed E-state index contributed by atoms with van der Waals surface area (Å²) in [6.07, 6.45) is 4.06. The van der Waals surface area contributed by atoms with Gasteiger partial charge in [0.15, 0.2) is 0 Å². The molecule has 1 saturated carbocycles. The Morgan fingerprint density at radius 1 is 1.15 bits per heavy atom. The van der Waals surface area contributed by atoms with Crippen molar-refractivity contribution in [3.8, 4) is 5.75 Å². The van der Waals surface area contributed by atoms with Crippen LogP contribution in [0.4, 0.5) is 5.69 Å². The maximum absolute atomic E-state index is 5.57. The summed E-state index contributed by atoms with van der Waals surface area (Å²) in [5.41, 5.74) is 1.19. The number of nitrogens with zero attached hydrogens (tertiary/aromatic N) is 1. The maximum Gasteiger partial charge on any atom is 0.119 e. The Morgan fingerprint density at radius 2 is 1.95 bits per heavy atom. The van der Waals surface area contributed by atoms with Gasteiger partial charge < -0.3 is 14.8 Å². The Hall–Kier alpha value is -1.26. The molecular formula is C16H24N2O2. The number of benzene rings is 1. The average molecular weight is 276 g/mol. The molecule has 4 heteroatoms. The van der Waals surface area contributed by atoms with Crippen LogP contribution in [-0.4, -0.2) is 50.4 Å². The molecule has 1 aromatic rings. The lowest BCUT2D eigenvalue weighted by atomic mass is 10.2. The summed E-state index contributed by atoms with van der Waals surface area (Å²) in [7, 11) is 1.68. The molecule has 1 aromatic carbocycles. The van der Waals surface area contributed by atoms with Gasteiger partial charge in [0.1, 0.15) is 12.4 Å². The zero-order chi connectivity index (χ0) is 13.8. The van der Waals surface area contributed by atoms with Crippen molar-refractivity contribution in [2.75, 3.05) is 38.7 Å². The average Bonchev–Trinajstić information content (AvgIpc) is 3.22. The van der Waals surface area contributed by atoms with Crippen LogP contribution in [0.3, 0.4) is 0 Å². The summed E-state index contributed by atoms with van der Waals surface area (Å²) in [6.45, 7) is 3.67. The number of anilines is 1. The number of ether oxygens (including phenoxy) is 2. The van der Waals surface area contributed by atoms with E-state index in [1.165, 1.54) is 38.0 Å². The van der Waals surface area contributed by atoms with E-state index in [0.717, 1.165) is 11.8 Å². The molecule has 20 heavy (non-hydrogen) atoms. The molecule has 1 unspecified atom stereocenters. The minimum absolute atomic E-state index is 0.593. The molecule has 3 rings (SSSR count). The Kier molecular flexibility index (Phi) is 4.43. The lowest BCUT2D eigenvalue weighted by molar-refractivity contribution is 0.146. The summed E-state index contributed by atoms with van der Waals surface area (Å²) in [5, 5.41) is 3.63. The molecule has 2 fully saturated rings. The molecular weight excluding hydrogens is 252 g/mol. The van der Waals surface area contributed by atoms with Crippen molar-refractivity contribution in [3.05, 3.63) is 24.3 Å². The van der Waals surface area contributed by atoms with Crippen LogP contribution < -0.4 is 10.1 Å². The first-order chi connectivity index (χ1) is 9.85. The van der Waals surface area contributed by atoms with Gasteiger partial charge in [-0.25, -0.2) is 0 Å². The number of hydrogen-bond acceptors (Lipinski definition) is 4. The summed E-state index contributed by atoms with van der Waals surface area (Å²) < 4.78 is 10.5. The predicted octanol–water partition coefficient (Wildman–Crippen LogP) is 2.36. The van der Waals surface area contributed by atoms with E-state index < -0.39 is 0 Å². The number of hydrogen-bond donors (Lipinski definition) is 1. The van der Waals surface area contributed by atoms with Gasteiger partial charge in [-0.2, -0.15) is 0 Å². The normalized spacial score (nSPS) is 22.9. The minimum atomic E-state index is 0.593. The summed E-state index contributed by atoms with van der Waals surface area (Å²) in [4.78, 5) is 2.62. The third-order valence-corrected chi connectivity index (χ3v) is 4.06. The van der Waals surface area contributed by atoms with Crippen LogP contribution in [0.5, 0.6) is 5.75 Å². The molecule has 1 atom stereocenters. The lowest BCUT2D eigenvalue weighted by Crippen LogP contribution is -2.27. The molecule has 1 saturated heterocycles. The van der Waals surface area contributed by atoms with Gasteiger partial charge in [0, 0.05) is 38.0 Å². The van der Waals surface area contributed by atoms with Gasteiger partial charge in [0.05, 0.1) is 6.61 Å². The molecule has 0 spiro atoms. The molecule has 0 aromatic heterocycles. The van der Waals surface area contributed by atoms with Gasteiger partial charge in [-0.15, -0.1) is 0 Å². The molecule has 1 aliphatic carbocycles. The second-order valence-corrected chi connectivity index (χ2v) is 5.72. The third kappa shape index (κ3) is 3.64. The van der Waals surface area contributed by atoms with Gasteiger partial charge in [0.2, 0.25) is 0 Å². The minimum Gasteiger partial charge on any atom is -0.491 e. The van der Waals surface area contributed by atoms with E-state index >= 15 is 0 Å². The van der Waals surface area contributed by atoms with Crippen LogP contribution >= 0.6 is 0 Å². The van der Waals surface area contributed by atoms with Crippen LogP contribution in [0.1, 0.15) is 19.3 Å². The van der Waals surface area contributed by atoms with Crippen molar-refractivity contribution in [1.82, 2.24) is 4.90 Å². The van der Waals surface area contributed by atoms with Crippen molar-refractivity contribution in [2.45, 2.75) is 31.3 Å². The van der Waals surface area contributed by atoms with Crippen molar-refractivity contribution in [3.63, 3.8) is 0 Å². The highest BCUT2D eigenvalue weighted by molar-refractivity contribution is 5.47. The van der Waals surface area contributed by atoms with Crippen LogP contribution in [-0.2, 0) is 4.74 Å². The second-order valence-electron chi connectivity index (χ2n) is 5.72. The predicted molar refractivity (Wildman–Crippen MR) is 80.4 cm³/mol. The van der Waals surface area contributed by atoms with Crippen molar-refractivity contribution in [1.29, 1.82) is 0 Å². The van der Waals surface area contributed by atoms with Crippen molar-refractivity contribution < 1.29 is 9.47 Å². The van der Waals surface area contributed by atoms with Gasteiger partial charge in [0.25, 0.3) is 0 Å². The van der Waals surface area contributed by atoms with E-state index in [1.807, 2.05) is 12.1 Å². The molecule has 110 valence electrons. The van der Waals surface area contributed by atoms with Gasteiger partial charge in [-0.05, 0) is 43.5 Å². The standard InChI is InChI=1S/C16H24N2O2/c1-19-10-11-20-16-6-2-13(3-7-16)17-14-8-9-18(12-14)15-4-5-15/h2-3,6-7,14-15,17H,4-5,8-12H2,1H3. The fraction of sp³-hybridized carbons (Fsp3) is 0.625. The largest absolute Gasteiger partial charge is 0.491 e.